The van der Waals surface area contributed by atoms with Crippen molar-refractivity contribution in [2.24, 2.45) is 5.92 Å². The van der Waals surface area contributed by atoms with Gasteiger partial charge < -0.3 is 5.11 Å². The maximum Gasteiger partial charge on any atom is 0.237 e. The van der Waals surface area contributed by atoms with Crippen molar-refractivity contribution < 1.29 is 14.7 Å². The third kappa shape index (κ3) is 1.99. The lowest BCUT2D eigenvalue weighted by molar-refractivity contribution is -0.111. The quantitative estimate of drug-likeness (QED) is 0.811. The number of rotatable bonds is 2. The summed E-state index contributed by atoms with van der Waals surface area (Å²) in [5.74, 6) is -1.09. The van der Waals surface area contributed by atoms with Crippen molar-refractivity contribution in [1.29, 1.82) is 0 Å². The Kier molecular flexibility index (Phi) is 3.15. The zero-order valence-corrected chi connectivity index (χ0v) is 10.3. The summed E-state index contributed by atoms with van der Waals surface area (Å²) in [6.07, 6.45) is 3.31. The number of aliphatic hydroxyl groups is 1. The normalized spacial score (nSPS) is 15.7. The smallest absolute Gasteiger partial charge is 0.237 e. The van der Waals surface area contributed by atoms with E-state index in [9.17, 15) is 14.7 Å². The number of hydrogen-bond donors (Lipinski definition) is 1. The van der Waals surface area contributed by atoms with Crippen LogP contribution in [0.15, 0.2) is 42.0 Å². The molecular formula is C15H14O3. The highest BCUT2D eigenvalue weighted by Crippen LogP contribution is 2.28. The standard InChI is InChI=1S/C15H14O3/c1-9(2)7-8-12-13(16)10-5-3-4-6-11(10)14(17)15(12)18/h3-9,16H,1-2H3/b8-7+. The van der Waals surface area contributed by atoms with E-state index in [1.54, 1.807) is 30.3 Å². The molecule has 3 nitrogen and oxygen atoms in total. The molecule has 1 aromatic carbocycles. The Balaban J connectivity index is 2.59. The number of ketones is 2. The lowest BCUT2D eigenvalue weighted by atomic mass is 9.88. The molecule has 0 heterocycles. The van der Waals surface area contributed by atoms with Crippen molar-refractivity contribution in [2.75, 3.05) is 0 Å². The molecule has 1 aromatic rings. The summed E-state index contributed by atoms with van der Waals surface area (Å²) in [6, 6.07) is 6.58. The van der Waals surface area contributed by atoms with Gasteiger partial charge in [0.05, 0.1) is 5.57 Å². The fourth-order valence-corrected chi connectivity index (χ4v) is 1.83. The summed E-state index contributed by atoms with van der Waals surface area (Å²) in [6.45, 7) is 3.91. The predicted molar refractivity (Wildman–Crippen MR) is 69.3 cm³/mol. The number of fused-ring (bicyclic) bond motifs is 1. The van der Waals surface area contributed by atoms with Gasteiger partial charge in [-0.1, -0.05) is 50.3 Å². The summed E-state index contributed by atoms with van der Waals surface area (Å²) in [5, 5.41) is 10.1. The van der Waals surface area contributed by atoms with Crippen molar-refractivity contribution in [3.63, 3.8) is 0 Å². The lowest BCUT2D eigenvalue weighted by Gasteiger charge is -2.15. The molecule has 2 rings (SSSR count). The first-order valence-electron chi connectivity index (χ1n) is 5.82. The van der Waals surface area contributed by atoms with Crippen molar-refractivity contribution in [2.45, 2.75) is 13.8 Å². The molecule has 18 heavy (non-hydrogen) atoms. The third-order valence-electron chi connectivity index (χ3n) is 2.78. The Labute approximate surface area is 105 Å². The van der Waals surface area contributed by atoms with E-state index >= 15 is 0 Å². The molecule has 0 saturated carbocycles. The zero-order chi connectivity index (χ0) is 13.3. The van der Waals surface area contributed by atoms with Crippen LogP contribution < -0.4 is 0 Å². The monoisotopic (exact) mass is 242 g/mol. The lowest BCUT2D eigenvalue weighted by Crippen LogP contribution is -2.23. The number of allylic oxidation sites excluding steroid dienone is 3. The van der Waals surface area contributed by atoms with Gasteiger partial charge in [-0.05, 0) is 5.92 Å². The fourth-order valence-electron chi connectivity index (χ4n) is 1.83. The van der Waals surface area contributed by atoms with Gasteiger partial charge in [-0.15, -0.1) is 0 Å². The Morgan fingerprint density at radius 1 is 1.06 bits per heavy atom. The van der Waals surface area contributed by atoms with Gasteiger partial charge in [0.2, 0.25) is 11.6 Å². The molecule has 3 heteroatoms. The first kappa shape index (κ1) is 12.3. The van der Waals surface area contributed by atoms with Crippen LogP contribution in [0.1, 0.15) is 29.8 Å². The van der Waals surface area contributed by atoms with Crippen molar-refractivity contribution >= 4 is 17.3 Å². The van der Waals surface area contributed by atoms with Gasteiger partial charge in [0.15, 0.2) is 0 Å². The van der Waals surface area contributed by atoms with Crippen LogP contribution in [0.2, 0.25) is 0 Å². The third-order valence-corrected chi connectivity index (χ3v) is 2.78. The summed E-state index contributed by atoms with van der Waals surface area (Å²) in [7, 11) is 0. The van der Waals surface area contributed by atoms with Crippen molar-refractivity contribution in [1.82, 2.24) is 0 Å². The van der Waals surface area contributed by atoms with E-state index in [0.717, 1.165) is 0 Å². The summed E-state index contributed by atoms with van der Waals surface area (Å²) in [4.78, 5) is 23.8. The predicted octanol–water partition coefficient (Wildman–Crippen LogP) is 2.93. The van der Waals surface area contributed by atoms with Gasteiger partial charge in [-0.25, -0.2) is 0 Å². The second kappa shape index (κ2) is 4.61. The topological polar surface area (TPSA) is 54.4 Å². The van der Waals surface area contributed by atoms with Crippen LogP contribution in [-0.2, 0) is 4.79 Å². The van der Waals surface area contributed by atoms with Gasteiger partial charge in [0.25, 0.3) is 0 Å². The first-order valence-corrected chi connectivity index (χ1v) is 5.82. The number of carbonyl (C=O) groups excluding carboxylic acids is 2. The molecule has 0 atom stereocenters. The van der Waals surface area contributed by atoms with Crippen LogP contribution in [0.25, 0.3) is 5.76 Å². The van der Waals surface area contributed by atoms with Gasteiger partial charge in [-0.2, -0.15) is 0 Å². The van der Waals surface area contributed by atoms with Gasteiger partial charge in [-0.3, -0.25) is 9.59 Å². The summed E-state index contributed by atoms with van der Waals surface area (Å²) in [5.41, 5.74) is 0.764. The van der Waals surface area contributed by atoms with Crippen LogP contribution >= 0.6 is 0 Å². The molecule has 0 bridgehead atoms. The summed E-state index contributed by atoms with van der Waals surface area (Å²) < 4.78 is 0. The Morgan fingerprint density at radius 2 is 1.67 bits per heavy atom. The van der Waals surface area contributed by atoms with Gasteiger partial charge in [0.1, 0.15) is 5.76 Å². The van der Waals surface area contributed by atoms with E-state index in [4.69, 9.17) is 0 Å². The highest BCUT2D eigenvalue weighted by atomic mass is 16.3. The molecule has 0 aromatic heterocycles. The maximum absolute atomic E-state index is 11.9. The Morgan fingerprint density at radius 3 is 2.28 bits per heavy atom. The maximum atomic E-state index is 11.9. The van der Waals surface area contributed by atoms with Crippen LogP contribution in [0.3, 0.4) is 0 Å². The second-order valence-corrected chi connectivity index (χ2v) is 4.57. The van der Waals surface area contributed by atoms with E-state index < -0.39 is 11.6 Å². The number of carbonyl (C=O) groups is 2. The molecule has 0 fully saturated rings. The number of benzene rings is 1. The highest BCUT2D eigenvalue weighted by Gasteiger charge is 2.30. The van der Waals surface area contributed by atoms with Crippen LogP contribution in [0.5, 0.6) is 0 Å². The largest absolute Gasteiger partial charge is 0.507 e. The minimum Gasteiger partial charge on any atom is -0.507 e. The minimum atomic E-state index is -0.650. The van der Waals surface area contributed by atoms with Crippen LogP contribution in [-0.4, -0.2) is 16.7 Å². The molecule has 1 N–H and O–H groups in total. The molecule has 0 saturated heterocycles. The molecule has 1 aliphatic carbocycles. The molecular weight excluding hydrogens is 228 g/mol. The average Bonchev–Trinajstić information content (AvgIpc) is 2.36. The number of aliphatic hydroxyl groups excluding tert-OH is 1. The van der Waals surface area contributed by atoms with E-state index in [1.807, 2.05) is 13.8 Å². The highest BCUT2D eigenvalue weighted by molar-refractivity contribution is 6.52. The Hall–Kier alpha value is -2.16. The number of hydrogen-bond acceptors (Lipinski definition) is 3. The van der Waals surface area contributed by atoms with Crippen LogP contribution in [0, 0.1) is 5.92 Å². The summed E-state index contributed by atoms with van der Waals surface area (Å²) >= 11 is 0. The molecule has 92 valence electrons. The molecule has 0 unspecified atom stereocenters. The number of Topliss-reactive ketones (excluding diaryl/α,β-unsaturated/α-hetero) is 2. The second-order valence-electron chi connectivity index (χ2n) is 4.57. The van der Waals surface area contributed by atoms with Gasteiger partial charge in [0, 0.05) is 11.1 Å². The van der Waals surface area contributed by atoms with E-state index in [1.165, 1.54) is 6.08 Å². The van der Waals surface area contributed by atoms with E-state index in [2.05, 4.69) is 0 Å². The van der Waals surface area contributed by atoms with Crippen molar-refractivity contribution in [3.05, 3.63) is 53.1 Å². The SMILES string of the molecule is CC(C)/C=C/C1=C(O)c2ccccc2C(=O)C1=O. The molecule has 0 spiro atoms. The van der Waals surface area contributed by atoms with Crippen LogP contribution in [0.4, 0.5) is 0 Å². The first-order chi connectivity index (χ1) is 8.52. The van der Waals surface area contributed by atoms with E-state index in [-0.39, 0.29) is 22.8 Å². The van der Waals surface area contributed by atoms with Crippen molar-refractivity contribution in [3.8, 4) is 0 Å². The average molecular weight is 242 g/mol. The van der Waals surface area contributed by atoms with Gasteiger partial charge >= 0.3 is 0 Å². The molecule has 0 amide bonds. The molecule has 0 radical (unpaired) electrons. The fraction of sp³-hybridized carbons (Fsp3) is 0.200. The minimum absolute atomic E-state index is 0.0763. The molecule has 0 aliphatic heterocycles. The van der Waals surface area contributed by atoms with E-state index in [0.29, 0.717) is 5.56 Å². The zero-order valence-electron chi connectivity index (χ0n) is 10.3. The Bertz CT molecular complexity index is 577. The molecule has 1 aliphatic rings.